The van der Waals surface area contributed by atoms with Gasteiger partial charge in [0.05, 0.1) is 5.82 Å². The Balaban J connectivity index is 4.12. The highest BCUT2D eigenvalue weighted by Gasteiger charge is 2.11. The van der Waals surface area contributed by atoms with E-state index in [9.17, 15) is 0 Å². The van der Waals surface area contributed by atoms with Crippen LogP contribution in [0.15, 0.2) is 12.4 Å². The van der Waals surface area contributed by atoms with Crippen molar-refractivity contribution in [2.45, 2.75) is 39.8 Å². The standard InChI is InChI=1S/C8H18N2/c1-6(2)10(7(3)4)8(5)9/h6-7H,5,9H2,1-4H3. The molecule has 0 radical (unpaired) electrons. The van der Waals surface area contributed by atoms with E-state index >= 15 is 0 Å². The molecule has 0 aliphatic heterocycles. The molecule has 0 aromatic carbocycles. The molecule has 0 saturated heterocycles. The fraction of sp³-hybridized carbons (Fsp3) is 0.750. The van der Waals surface area contributed by atoms with Gasteiger partial charge in [-0.1, -0.05) is 6.58 Å². The molecule has 0 saturated carbocycles. The Kier molecular flexibility index (Phi) is 3.26. The summed E-state index contributed by atoms with van der Waals surface area (Å²) < 4.78 is 0. The summed E-state index contributed by atoms with van der Waals surface area (Å²) in [5.41, 5.74) is 5.57. The minimum Gasteiger partial charge on any atom is -0.386 e. The van der Waals surface area contributed by atoms with Crippen LogP contribution < -0.4 is 5.73 Å². The van der Waals surface area contributed by atoms with Crippen LogP contribution in [0.4, 0.5) is 0 Å². The minimum atomic E-state index is 0.442. The maximum Gasteiger partial charge on any atom is 0.0916 e. The average molecular weight is 142 g/mol. The van der Waals surface area contributed by atoms with Crippen molar-refractivity contribution in [3.05, 3.63) is 12.4 Å². The van der Waals surface area contributed by atoms with Crippen LogP contribution in [0.1, 0.15) is 27.7 Å². The fourth-order valence-electron chi connectivity index (χ4n) is 1.26. The Morgan fingerprint density at radius 3 is 1.50 bits per heavy atom. The zero-order chi connectivity index (χ0) is 8.31. The minimum absolute atomic E-state index is 0.442. The quantitative estimate of drug-likeness (QED) is 0.647. The SMILES string of the molecule is C=C(N)N(C(C)C)C(C)C. The van der Waals surface area contributed by atoms with Crippen molar-refractivity contribution >= 4 is 0 Å². The number of nitrogens with zero attached hydrogens (tertiary/aromatic N) is 1. The van der Waals surface area contributed by atoms with Crippen LogP contribution in [0.25, 0.3) is 0 Å². The lowest BCUT2D eigenvalue weighted by Gasteiger charge is -2.32. The molecule has 2 heteroatoms. The van der Waals surface area contributed by atoms with E-state index in [1.807, 2.05) is 0 Å². The maximum absolute atomic E-state index is 5.57. The average Bonchev–Trinajstić information content (AvgIpc) is 1.59. The summed E-state index contributed by atoms with van der Waals surface area (Å²) in [5, 5.41) is 0. The number of hydrogen-bond acceptors (Lipinski definition) is 2. The number of hydrogen-bond donors (Lipinski definition) is 1. The normalized spacial score (nSPS) is 10.6. The van der Waals surface area contributed by atoms with E-state index in [1.165, 1.54) is 0 Å². The molecule has 2 N–H and O–H groups in total. The predicted octanol–water partition coefficient (Wildman–Crippen LogP) is 1.54. The molecule has 0 aromatic heterocycles. The zero-order valence-corrected chi connectivity index (χ0v) is 7.39. The van der Waals surface area contributed by atoms with Gasteiger partial charge in [0.2, 0.25) is 0 Å². The lowest BCUT2D eigenvalue weighted by molar-refractivity contribution is 0.230. The molecule has 0 bridgehead atoms. The molecule has 0 unspecified atom stereocenters. The van der Waals surface area contributed by atoms with Gasteiger partial charge in [0.1, 0.15) is 0 Å². The second kappa shape index (κ2) is 3.49. The van der Waals surface area contributed by atoms with Crippen molar-refractivity contribution in [3.8, 4) is 0 Å². The lowest BCUT2D eigenvalue weighted by atomic mass is 10.2. The largest absolute Gasteiger partial charge is 0.386 e. The maximum atomic E-state index is 5.57. The highest BCUT2D eigenvalue weighted by Crippen LogP contribution is 2.07. The van der Waals surface area contributed by atoms with Crippen molar-refractivity contribution in [2.75, 3.05) is 0 Å². The van der Waals surface area contributed by atoms with E-state index < -0.39 is 0 Å². The molecule has 0 rings (SSSR count). The van der Waals surface area contributed by atoms with Gasteiger partial charge in [0, 0.05) is 12.1 Å². The smallest absolute Gasteiger partial charge is 0.0916 e. The molecular formula is C8H18N2. The van der Waals surface area contributed by atoms with Gasteiger partial charge in [-0.25, -0.2) is 0 Å². The summed E-state index contributed by atoms with van der Waals surface area (Å²) in [6, 6.07) is 0.884. The molecule has 0 amide bonds. The van der Waals surface area contributed by atoms with Gasteiger partial charge in [-0.05, 0) is 27.7 Å². The topological polar surface area (TPSA) is 29.3 Å². The van der Waals surface area contributed by atoms with Crippen LogP contribution in [0.5, 0.6) is 0 Å². The predicted molar refractivity (Wildman–Crippen MR) is 45.4 cm³/mol. The van der Waals surface area contributed by atoms with Crippen LogP contribution >= 0.6 is 0 Å². The third-order valence-electron chi connectivity index (χ3n) is 1.44. The summed E-state index contributed by atoms with van der Waals surface area (Å²) in [5.74, 6) is 0.657. The Morgan fingerprint density at radius 2 is 1.50 bits per heavy atom. The first kappa shape index (κ1) is 9.34. The second-order valence-electron chi connectivity index (χ2n) is 3.09. The van der Waals surface area contributed by atoms with Gasteiger partial charge in [-0.15, -0.1) is 0 Å². The van der Waals surface area contributed by atoms with Gasteiger partial charge >= 0.3 is 0 Å². The highest BCUT2D eigenvalue weighted by atomic mass is 15.2. The van der Waals surface area contributed by atoms with Crippen LogP contribution in [-0.2, 0) is 0 Å². The Morgan fingerprint density at radius 1 is 1.20 bits per heavy atom. The van der Waals surface area contributed by atoms with E-state index in [2.05, 4.69) is 39.2 Å². The first-order valence-electron chi connectivity index (χ1n) is 3.69. The highest BCUT2D eigenvalue weighted by molar-refractivity contribution is 4.90. The Labute approximate surface area is 63.7 Å². The summed E-state index contributed by atoms with van der Waals surface area (Å²) in [6.07, 6.45) is 0. The number of rotatable bonds is 3. The molecule has 0 aliphatic rings. The van der Waals surface area contributed by atoms with Crippen molar-refractivity contribution in [3.63, 3.8) is 0 Å². The first-order valence-corrected chi connectivity index (χ1v) is 3.69. The molecule has 0 fully saturated rings. The zero-order valence-electron chi connectivity index (χ0n) is 7.39. The molecule has 0 aliphatic carbocycles. The van der Waals surface area contributed by atoms with Crippen LogP contribution in [0, 0.1) is 0 Å². The molecule has 0 aromatic rings. The molecule has 60 valence electrons. The summed E-state index contributed by atoms with van der Waals surface area (Å²) >= 11 is 0. The fourth-order valence-corrected chi connectivity index (χ4v) is 1.26. The molecular weight excluding hydrogens is 124 g/mol. The second-order valence-corrected chi connectivity index (χ2v) is 3.09. The van der Waals surface area contributed by atoms with Gasteiger partial charge in [-0.2, -0.15) is 0 Å². The van der Waals surface area contributed by atoms with Gasteiger partial charge < -0.3 is 10.6 Å². The van der Waals surface area contributed by atoms with Crippen LogP contribution in [0.3, 0.4) is 0 Å². The van der Waals surface area contributed by atoms with E-state index in [4.69, 9.17) is 5.73 Å². The third kappa shape index (κ3) is 2.29. The molecule has 0 spiro atoms. The van der Waals surface area contributed by atoms with Gasteiger partial charge in [0.25, 0.3) is 0 Å². The lowest BCUT2D eigenvalue weighted by Crippen LogP contribution is -2.38. The van der Waals surface area contributed by atoms with Crippen molar-refractivity contribution in [2.24, 2.45) is 5.73 Å². The molecule has 0 atom stereocenters. The van der Waals surface area contributed by atoms with E-state index in [0.717, 1.165) is 0 Å². The van der Waals surface area contributed by atoms with Crippen molar-refractivity contribution < 1.29 is 0 Å². The third-order valence-corrected chi connectivity index (χ3v) is 1.44. The Bertz CT molecular complexity index is 108. The Hall–Kier alpha value is -0.660. The van der Waals surface area contributed by atoms with Crippen molar-refractivity contribution in [1.29, 1.82) is 0 Å². The summed E-state index contributed by atoms with van der Waals surface area (Å²) in [7, 11) is 0. The van der Waals surface area contributed by atoms with E-state index in [0.29, 0.717) is 17.9 Å². The van der Waals surface area contributed by atoms with E-state index in [1.54, 1.807) is 0 Å². The van der Waals surface area contributed by atoms with E-state index in [-0.39, 0.29) is 0 Å². The van der Waals surface area contributed by atoms with Gasteiger partial charge in [0.15, 0.2) is 0 Å². The first-order chi connectivity index (χ1) is 4.46. The molecule has 2 nitrogen and oxygen atoms in total. The monoisotopic (exact) mass is 142 g/mol. The molecule has 0 heterocycles. The molecule has 10 heavy (non-hydrogen) atoms. The summed E-state index contributed by atoms with van der Waals surface area (Å²) in [4.78, 5) is 2.08. The van der Waals surface area contributed by atoms with Crippen LogP contribution in [0.2, 0.25) is 0 Å². The number of nitrogens with two attached hydrogens (primary N) is 1. The van der Waals surface area contributed by atoms with Crippen molar-refractivity contribution in [1.82, 2.24) is 4.90 Å². The summed E-state index contributed by atoms with van der Waals surface area (Å²) in [6.45, 7) is 12.1. The van der Waals surface area contributed by atoms with Gasteiger partial charge in [-0.3, -0.25) is 0 Å². The van der Waals surface area contributed by atoms with Crippen LogP contribution in [-0.4, -0.2) is 17.0 Å².